The first-order valence-electron chi connectivity index (χ1n) is 5.87. The molecule has 0 aromatic carbocycles. The number of hydrogen-bond acceptors (Lipinski definition) is 2. The second kappa shape index (κ2) is 5.69. The normalized spacial score (nSPS) is 18.3. The topological polar surface area (TPSA) is 37.3 Å². The highest BCUT2D eigenvalue weighted by atomic mass is 35.5. The van der Waals surface area contributed by atoms with Gasteiger partial charge in [-0.05, 0) is 36.5 Å². The predicted molar refractivity (Wildman–Crippen MR) is 71.5 cm³/mol. The Morgan fingerprint density at radius 2 is 2.06 bits per heavy atom. The van der Waals surface area contributed by atoms with Crippen LogP contribution >= 0.6 is 22.9 Å². The van der Waals surface area contributed by atoms with E-state index in [1.54, 1.807) is 0 Å². The van der Waals surface area contributed by atoms with E-state index >= 15 is 0 Å². The fourth-order valence-corrected chi connectivity index (χ4v) is 3.54. The molecule has 0 unspecified atom stereocenters. The average molecular weight is 271 g/mol. The molecule has 1 aromatic rings. The van der Waals surface area contributed by atoms with Gasteiger partial charge in [0, 0.05) is 11.0 Å². The summed E-state index contributed by atoms with van der Waals surface area (Å²) in [5, 5.41) is 8.98. The van der Waals surface area contributed by atoms with E-state index < -0.39 is 5.97 Å². The van der Waals surface area contributed by atoms with Crippen LogP contribution in [0.5, 0.6) is 0 Å². The SMILES string of the molecule is O=C(O)/C=C(/c1ccc(Cl)s1)C1CCCCC1. The van der Waals surface area contributed by atoms with Gasteiger partial charge in [0.25, 0.3) is 0 Å². The Morgan fingerprint density at radius 1 is 1.35 bits per heavy atom. The highest BCUT2D eigenvalue weighted by Gasteiger charge is 2.21. The van der Waals surface area contributed by atoms with Crippen LogP contribution in [-0.4, -0.2) is 11.1 Å². The summed E-state index contributed by atoms with van der Waals surface area (Å²) in [7, 11) is 0. The molecule has 1 aliphatic carbocycles. The molecule has 0 radical (unpaired) electrons. The third-order valence-electron chi connectivity index (χ3n) is 3.18. The van der Waals surface area contributed by atoms with Crippen LogP contribution in [0.4, 0.5) is 0 Å². The van der Waals surface area contributed by atoms with Gasteiger partial charge in [-0.2, -0.15) is 0 Å². The van der Waals surface area contributed by atoms with Gasteiger partial charge < -0.3 is 5.11 Å². The quantitative estimate of drug-likeness (QED) is 0.824. The maximum absolute atomic E-state index is 10.9. The summed E-state index contributed by atoms with van der Waals surface area (Å²) in [6.45, 7) is 0. The van der Waals surface area contributed by atoms with Crippen LogP contribution in [0.15, 0.2) is 18.2 Å². The van der Waals surface area contributed by atoms with E-state index in [0.29, 0.717) is 10.3 Å². The molecular weight excluding hydrogens is 256 g/mol. The van der Waals surface area contributed by atoms with Crippen LogP contribution in [0, 0.1) is 5.92 Å². The number of allylic oxidation sites excluding steroid dienone is 1. The summed E-state index contributed by atoms with van der Waals surface area (Å²) in [5.74, 6) is -0.482. The van der Waals surface area contributed by atoms with E-state index in [4.69, 9.17) is 16.7 Å². The molecule has 17 heavy (non-hydrogen) atoms. The third-order valence-corrected chi connectivity index (χ3v) is 4.46. The minimum absolute atomic E-state index is 0.384. The van der Waals surface area contributed by atoms with Crippen LogP contribution in [0.1, 0.15) is 37.0 Å². The summed E-state index contributed by atoms with van der Waals surface area (Å²) in [6, 6.07) is 3.76. The van der Waals surface area contributed by atoms with Crippen molar-refractivity contribution in [1.82, 2.24) is 0 Å². The Balaban J connectivity index is 2.27. The second-order valence-corrected chi connectivity index (χ2v) is 6.09. The molecule has 1 N–H and O–H groups in total. The van der Waals surface area contributed by atoms with Gasteiger partial charge in [0.15, 0.2) is 0 Å². The van der Waals surface area contributed by atoms with Crippen molar-refractivity contribution in [3.8, 4) is 0 Å². The van der Waals surface area contributed by atoms with Crippen LogP contribution < -0.4 is 0 Å². The zero-order valence-corrected chi connectivity index (χ0v) is 11.1. The number of carboxylic acid groups (broad SMARTS) is 1. The zero-order valence-electron chi connectivity index (χ0n) is 9.49. The Hall–Kier alpha value is -0.800. The van der Waals surface area contributed by atoms with Crippen molar-refractivity contribution in [2.75, 3.05) is 0 Å². The van der Waals surface area contributed by atoms with Crippen LogP contribution in [0.2, 0.25) is 4.34 Å². The van der Waals surface area contributed by atoms with E-state index in [1.807, 2.05) is 12.1 Å². The molecule has 0 saturated heterocycles. The van der Waals surface area contributed by atoms with E-state index in [-0.39, 0.29) is 0 Å². The van der Waals surface area contributed by atoms with Gasteiger partial charge in [0.1, 0.15) is 0 Å². The number of halogens is 1. The van der Waals surface area contributed by atoms with Crippen molar-refractivity contribution in [3.63, 3.8) is 0 Å². The van der Waals surface area contributed by atoms with Gasteiger partial charge in [0.05, 0.1) is 4.34 Å². The molecule has 4 heteroatoms. The number of carboxylic acids is 1. The van der Waals surface area contributed by atoms with Crippen molar-refractivity contribution in [2.24, 2.45) is 5.92 Å². The smallest absolute Gasteiger partial charge is 0.328 e. The summed E-state index contributed by atoms with van der Waals surface area (Å²) in [6.07, 6.45) is 7.20. The summed E-state index contributed by atoms with van der Waals surface area (Å²) in [4.78, 5) is 11.9. The van der Waals surface area contributed by atoms with Crippen LogP contribution in [0.3, 0.4) is 0 Å². The first-order valence-corrected chi connectivity index (χ1v) is 7.06. The van der Waals surface area contributed by atoms with E-state index in [9.17, 15) is 4.79 Å². The molecule has 0 aliphatic heterocycles. The lowest BCUT2D eigenvalue weighted by molar-refractivity contribution is -0.131. The fourth-order valence-electron chi connectivity index (χ4n) is 2.41. The molecule has 0 amide bonds. The summed E-state index contributed by atoms with van der Waals surface area (Å²) in [5.41, 5.74) is 0.953. The maximum atomic E-state index is 10.9. The zero-order chi connectivity index (χ0) is 12.3. The molecule has 1 heterocycles. The standard InChI is InChI=1S/C13H15ClO2S/c14-12-7-6-11(17-12)10(8-13(15)16)9-4-2-1-3-5-9/h6-9H,1-5H2,(H,15,16)/b10-8+. The number of hydrogen-bond donors (Lipinski definition) is 1. The molecule has 0 spiro atoms. The Kier molecular flexibility index (Phi) is 4.24. The van der Waals surface area contributed by atoms with Crippen molar-refractivity contribution >= 4 is 34.5 Å². The van der Waals surface area contributed by atoms with Gasteiger partial charge >= 0.3 is 5.97 Å². The molecule has 0 bridgehead atoms. The van der Waals surface area contributed by atoms with Crippen molar-refractivity contribution in [2.45, 2.75) is 32.1 Å². The fraction of sp³-hybridized carbons (Fsp3) is 0.462. The van der Waals surface area contributed by atoms with Crippen LogP contribution in [-0.2, 0) is 4.79 Å². The first-order chi connectivity index (χ1) is 8.16. The monoisotopic (exact) mass is 270 g/mol. The first kappa shape index (κ1) is 12.7. The Morgan fingerprint density at radius 3 is 2.59 bits per heavy atom. The lowest BCUT2D eigenvalue weighted by Crippen LogP contribution is -2.09. The summed E-state index contributed by atoms with van der Waals surface area (Å²) >= 11 is 7.39. The van der Waals surface area contributed by atoms with Crippen LogP contribution in [0.25, 0.3) is 5.57 Å². The van der Waals surface area contributed by atoms with E-state index in [0.717, 1.165) is 23.3 Å². The molecule has 1 aromatic heterocycles. The summed E-state index contributed by atoms with van der Waals surface area (Å²) < 4.78 is 0.715. The van der Waals surface area contributed by atoms with Gasteiger partial charge in [-0.1, -0.05) is 30.9 Å². The van der Waals surface area contributed by atoms with E-state index in [2.05, 4.69) is 0 Å². The van der Waals surface area contributed by atoms with Crippen molar-refractivity contribution in [1.29, 1.82) is 0 Å². The highest BCUT2D eigenvalue weighted by Crippen LogP contribution is 2.38. The van der Waals surface area contributed by atoms with Gasteiger partial charge in [0.2, 0.25) is 0 Å². The van der Waals surface area contributed by atoms with Gasteiger partial charge in [-0.15, -0.1) is 11.3 Å². The minimum atomic E-state index is -0.866. The number of carbonyl (C=O) groups is 1. The molecule has 92 valence electrons. The highest BCUT2D eigenvalue weighted by molar-refractivity contribution is 7.17. The Bertz CT molecular complexity index is 430. The van der Waals surface area contributed by atoms with Gasteiger partial charge in [-0.3, -0.25) is 0 Å². The average Bonchev–Trinajstić information content (AvgIpc) is 2.73. The maximum Gasteiger partial charge on any atom is 0.328 e. The minimum Gasteiger partial charge on any atom is -0.478 e. The lowest BCUT2D eigenvalue weighted by atomic mass is 9.83. The molecule has 2 rings (SSSR count). The molecule has 1 saturated carbocycles. The molecule has 1 fully saturated rings. The lowest BCUT2D eigenvalue weighted by Gasteiger charge is -2.23. The second-order valence-electron chi connectivity index (χ2n) is 4.38. The number of rotatable bonds is 3. The van der Waals surface area contributed by atoms with Gasteiger partial charge in [-0.25, -0.2) is 4.79 Å². The molecule has 2 nitrogen and oxygen atoms in total. The van der Waals surface area contributed by atoms with Crippen molar-refractivity contribution < 1.29 is 9.90 Å². The Labute approximate surface area is 110 Å². The number of aliphatic carboxylic acids is 1. The predicted octanol–water partition coefficient (Wildman–Crippen LogP) is 4.45. The van der Waals surface area contributed by atoms with Crippen molar-refractivity contribution in [3.05, 3.63) is 27.4 Å². The molecule has 0 atom stereocenters. The molecule has 1 aliphatic rings. The van der Waals surface area contributed by atoms with E-state index in [1.165, 1.54) is 36.7 Å². The largest absolute Gasteiger partial charge is 0.478 e. The number of thiophene rings is 1. The third kappa shape index (κ3) is 3.33. The molecular formula is C13H15ClO2S.